The lowest BCUT2D eigenvalue weighted by Crippen LogP contribution is -2.38. The zero-order chi connectivity index (χ0) is 22.8. The highest BCUT2D eigenvalue weighted by atomic mass is 16.5. The van der Waals surface area contributed by atoms with Crippen LogP contribution in [0.2, 0.25) is 0 Å². The van der Waals surface area contributed by atoms with Crippen LogP contribution in [0.4, 0.5) is 0 Å². The summed E-state index contributed by atoms with van der Waals surface area (Å²) in [6.07, 6.45) is 2.67. The number of Topliss-reactive ketones (excluding diaryl/α,β-unsaturated/α-hetero) is 1. The van der Waals surface area contributed by atoms with E-state index in [1.807, 2.05) is 58.9 Å². The van der Waals surface area contributed by atoms with Gasteiger partial charge in [-0.15, -0.1) is 0 Å². The molecule has 0 bridgehead atoms. The molecule has 2 N–H and O–H groups in total. The lowest BCUT2D eigenvalue weighted by Gasteiger charge is -2.29. The maximum atomic E-state index is 12.7. The fourth-order valence-corrected chi connectivity index (χ4v) is 3.96. The van der Waals surface area contributed by atoms with Gasteiger partial charge in [0, 0.05) is 23.7 Å². The molecule has 2 aromatic rings. The monoisotopic (exact) mass is 424 g/mol. The van der Waals surface area contributed by atoms with Crippen molar-refractivity contribution in [1.82, 2.24) is 10.3 Å². The van der Waals surface area contributed by atoms with Crippen LogP contribution in [-0.2, 0) is 12.8 Å². The minimum absolute atomic E-state index is 0.00570. The Morgan fingerprint density at radius 1 is 1.13 bits per heavy atom. The highest BCUT2D eigenvalue weighted by Gasteiger charge is 2.32. The summed E-state index contributed by atoms with van der Waals surface area (Å²) in [5, 5.41) is 2.89. The first-order chi connectivity index (χ1) is 14.5. The molecule has 1 heterocycles. The topological polar surface area (TPSA) is 88.3 Å². The Labute approximate surface area is 183 Å². The maximum absolute atomic E-state index is 12.7. The van der Waals surface area contributed by atoms with E-state index in [0.717, 1.165) is 24.2 Å². The number of aryl methyl sites for hydroxylation is 1. The molecule has 1 aromatic carbocycles. The van der Waals surface area contributed by atoms with E-state index in [-0.39, 0.29) is 28.9 Å². The molecule has 1 amide bonds. The van der Waals surface area contributed by atoms with Gasteiger partial charge in [0.2, 0.25) is 0 Å². The predicted molar refractivity (Wildman–Crippen MR) is 121 cm³/mol. The number of pyridine rings is 1. The molecular formula is C25H32N2O4. The molecule has 0 saturated carbocycles. The number of ketones is 1. The predicted octanol–water partition coefficient (Wildman–Crippen LogP) is 4.07. The Kier molecular flexibility index (Phi) is 6.68. The summed E-state index contributed by atoms with van der Waals surface area (Å²) in [7, 11) is 0. The van der Waals surface area contributed by atoms with Crippen LogP contribution in [0.5, 0.6) is 5.75 Å². The van der Waals surface area contributed by atoms with Gasteiger partial charge < -0.3 is 15.0 Å². The van der Waals surface area contributed by atoms with E-state index < -0.39 is 11.5 Å². The van der Waals surface area contributed by atoms with Gasteiger partial charge in [-0.3, -0.25) is 14.4 Å². The molecule has 1 unspecified atom stereocenters. The van der Waals surface area contributed by atoms with Crippen LogP contribution in [0.1, 0.15) is 79.4 Å². The summed E-state index contributed by atoms with van der Waals surface area (Å²) in [4.78, 5) is 40.4. The van der Waals surface area contributed by atoms with Gasteiger partial charge in [0.25, 0.3) is 11.5 Å². The van der Waals surface area contributed by atoms with Crippen LogP contribution in [0, 0.1) is 5.41 Å². The van der Waals surface area contributed by atoms with Crippen molar-refractivity contribution in [2.75, 3.05) is 0 Å². The fraction of sp³-hybridized carbons (Fsp3) is 0.480. The zero-order valence-electron chi connectivity index (χ0n) is 19.0. The number of carbonyl (C=O) groups is 2. The van der Waals surface area contributed by atoms with Crippen LogP contribution in [-0.4, -0.2) is 28.8 Å². The van der Waals surface area contributed by atoms with Crippen molar-refractivity contribution in [2.24, 2.45) is 5.41 Å². The van der Waals surface area contributed by atoms with Crippen molar-refractivity contribution in [1.29, 1.82) is 0 Å². The molecule has 31 heavy (non-hydrogen) atoms. The van der Waals surface area contributed by atoms with Crippen LogP contribution in [0.3, 0.4) is 0 Å². The Bertz CT molecular complexity index is 1020. The third-order valence-corrected chi connectivity index (χ3v) is 5.50. The number of aromatic nitrogens is 1. The van der Waals surface area contributed by atoms with Gasteiger partial charge in [-0.1, -0.05) is 26.0 Å². The highest BCUT2D eigenvalue weighted by Crippen LogP contribution is 2.33. The smallest absolute Gasteiger partial charge is 0.261 e. The molecule has 0 radical (unpaired) electrons. The van der Waals surface area contributed by atoms with E-state index in [1.54, 1.807) is 0 Å². The molecule has 0 spiro atoms. The number of hydrogen-bond acceptors (Lipinski definition) is 4. The zero-order valence-corrected chi connectivity index (χ0v) is 19.0. The molecular weight excluding hydrogens is 392 g/mol. The van der Waals surface area contributed by atoms with Crippen molar-refractivity contribution in [2.45, 2.75) is 72.4 Å². The summed E-state index contributed by atoms with van der Waals surface area (Å²) in [6.45, 7) is 9.89. The summed E-state index contributed by atoms with van der Waals surface area (Å²) < 4.78 is 5.65. The average Bonchev–Trinajstić information content (AvgIpc) is 2.65. The molecule has 3 rings (SSSR count). The van der Waals surface area contributed by atoms with Gasteiger partial charge in [0.1, 0.15) is 11.3 Å². The fourth-order valence-electron chi connectivity index (χ4n) is 3.96. The second kappa shape index (κ2) is 9.08. The van der Waals surface area contributed by atoms with Gasteiger partial charge in [0.05, 0.1) is 6.10 Å². The number of hydrogen-bond donors (Lipinski definition) is 2. The number of benzene rings is 1. The number of rotatable bonds is 7. The molecule has 166 valence electrons. The van der Waals surface area contributed by atoms with Crippen LogP contribution < -0.4 is 15.6 Å². The standard InChI is InChI=1S/C25H32N2O4/c1-15(2)31-18-10-8-17(9-11-18)7-6-16(3)26-23(29)20-12-19-21(27-24(20)30)13-25(4,5)14-22(19)28/h8-12,15-16H,6-7,13-14H2,1-5H3,(H,26,29)(H,27,30). The molecule has 6 heteroatoms. The van der Waals surface area contributed by atoms with Crippen LogP contribution >= 0.6 is 0 Å². The van der Waals surface area contributed by atoms with Crippen molar-refractivity contribution in [3.8, 4) is 5.75 Å². The Balaban J connectivity index is 1.62. The summed E-state index contributed by atoms with van der Waals surface area (Å²) in [5.74, 6) is 0.356. The summed E-state index contributed by atoms with van der Waals surface area (Å²) in [6, 6.07) is 9.28. The minimum atomic E-state index is -0.449. The molecule has 1 aliphatic carbocycles. The SMILES string of the molecule is CC(CCc1ccc(OC(C)C)cc1)NC(=O)c1cc2c([nH]c1=O)CC(C)(C)CC2=O. The molecule has 0 saturated heterocycles. The van der Waals surface area contributed by atoms with Gasteiger partial charge in [-0.25, -0.2) is 0 Å². The van der Waals surface area contributed by atoms with Crippen LogP contribution in [0.25, 0.3) is 0 Å². The van der Waals surface area contributed by atoms with Gasteiger partial charge in [-0.05, 0) is 69.2 Å². The minimum Gasteiger partial charge on any atom is -0.491 e. The molecule has 0 fully saturated rings. The molecule has 1 aromatic heterocycles. The first-order valence-corrected chi connectivity index (χ1v) is 10.9. The number of ether oxygens (including phenoxy) is 1. The average molecular weight is 425 g/mol. The van der Waals surface area contributed by atoms with E-state index in [9.17, 15) is 14.4 Å². The number of nitrogens with one attached hydrogen (secondary N) is 2. The second-order valence-corrected chi connectivity index (χ2v) is 9.57. The van der Waals surface area contributed by atoms with E-state index >= 15 is 0 Å². The number of fused-ring (bicyclic) bond motifs is 1. The Morgan fingerprint density at radius 3 is 2.45 bits per heavy atom. The van der Waals surface area contributed by atoms with Gasteiger partial charge >= 0.3 is 0 Å². The van der Waals surface area contributed by atoms with Crippen molar-refractivity contribution in [3.05, 3.63) is 63.1 Å². The lowest BCUT2D eigenvalue weighted by molar-refractivity contribution is 0.0910. The highest BCUT2D eigenvalue weighted by molar-refractivity contribution is 6.02. The third-order valence-electron chi connectivity index (χ3n) is 5.50. The Hall–Kier alpha value is -2.89. The molecule has 6 nitrogen and oxygen atoms in total. The summed E-state index contributed by atoms with van der Waals surface area (Å²) >= 11 is 0. The third kappa shape index (κ3) is 5.84. The van der Waals surface area contributed by atoms with E-state index in [0.29, 0.717) is 24.1 Å². The van der Waals surface area contributed by atoms with E-state index in [4.69, 9.17) is 4.74 Å². The first-order valence-electron chi connectivity index (χ1n) is 10.9. The number of aromatic amines is 1. The van der Waals surface area contributed by atoms with E-state index in [1.165, 1.54) is 6.07 Å². The molecule has 0 aliphatic heterocycles. The largest absolute Gasteiger partial charge is 0.491 e. The Morgan fingerprint density at radius 2 is 1.81 bits per heavy atom. The van der Waals surface area contributed by atoms with Gasteiger partial charge in [0.15, 0.2) is 5.78 Å². The number of amides is 1. The lowest BCUT2D eigenvalue weighted by atomic mass is 9.75. The van der Waals surface area contributed by atoms with Crippen molar-refractivity contribution >= 4 is 11.7 Å². The van der Waals surface area contributed by atoms with Crippen molar-refractivity contribution < 1.29 is 14.3 Å². The van der Waals surface area contributed by atoms with Gasteiger partial charge in [-0.2, -0.15) is 0 Å². The molecule has 1 aliphatic rings. The second-order valence-electron chi connectivity index (χ2n) is 9.57. The van der Waals surface area contributed by atoms with Crippen LogP contribution in [0.15, 0.2) is 35.1 Å². The first kappa shape index (κ1) is 22.8. The van der Waals surface area contributed by atoms with E-state index in [2.05, 4.69) is 10.3 Å². The molecule has 1 atom stereocenters. The van der Waals surface area contributed by atoms with Crippen molar-refractivity contribution in [3.63, 3.8) is 0 Å². The summed E-state index contributed by atoms with van der Waals surface area (Å²) in [5.41, 5.74) is 1.59. The number of H-pyrrole nitrogens is 1. The normalized spacial score (nSPS) is 16.0. The number of carbonyl (C=O) groups excluding carboxylic acids is 2. The maximum Gasteiger partial charge on any atom is 0.261 e. The quantitative estimate of drug-likeness (QED) is 0.701.